The highest BCUT2D eigenvalue weighted by molar-refractivity contribution is 6.33. The van der Waals surface area contributed by atoms with Gasteiger partial charge in [-0.25, -0.2) is 4.79 Å². The molecule has 1 aromatic carbocycles. The summed E-state index contributed by atoms with van der Waals surface area (Å²) in [6.45, 7) is 4.28. The number of hydrogen-bond donors (Lipinski definition) is 1. The van der Waals surface area contributed by atoms with Crippen LogP contribution in [0.5, 0.6) is 0 Å². The average Bonchev–Trinajstić information content (AvgIpc) is 2.95. The molecule has 0 saturated heterocycles. The molecule has 6 heteroatoms. The third-order valence-corrected chi connectivity index (χ3v) is 3.66. The first-order valence-electron chi connectivity index (χ1n) is 6.78. The van der Waals surface area contributed by atoms with E-state index in [2.05, 4.69) is 18.9 Å². The molecule has 2 aromatic rings. The Balaban J connectivity index is 2.01. The van der Waals surface area contributed by atoms with Crippen molar-refractivity contribution in [1.29, 1.82) is 0 Å². The molecule has 0 bridgehead atoms. The summed E-state index contributed by atoms with van der Waals surface area (Å²) >= 11 is 5.88. The number of esters is 1. The van der Waals surface area contributed by atoms with Gasteiger partial charge in [0.1, 0.15) is 6.61 Å². The predicted molar refractivity (Wildman–Crippen MR) is 82.2 cm³/mol. The van der Waals surface area contributed by atoms with Crippen LogP contribution in [0.3, 0.4) is 0 Å². The van der Waals surface area contributed by atoms with E-state index in [0.717, 1.165) is 6.42 Å². The third-order valence-electron chi connectivity index (χ3n) is 3.33. The molecule has 2 rings (SSSR count). The summed E-state index contributed by atoms with van der Waals surface area (Å²) in [6.07, 6.45) is 2.87. The van der Waals surface area contributed by atoms with Crippen molar-refractivity contribution in [3.8, 4) is 0 Å². The number of hydrogen-bond acceptors (Lipinski definition) is 4. The van der Waals surface area contributed by atoms with E-state index >= 15 is 0 Å². The number of nitrogens with two attached hydrogens (primary N) is 1. The van der Waals surface area contributed by atoms with Crippen LogP contribution in [-0.4, -0.2) is 15.7 Å². The fraction of sp³-hybridized carbons (Fsp3) is 0.333. The molecule has 0 aliphatic carbocycles. The summed E-state index contributed by atoms with van der Waals surface area (Å²) in [4.78, 5) is 12.0. The minimum Gasteiger partial charge on any atom is -0.455 e. The fourth-order valence-electron chi connectivity index (χ4n) is 1.82. The number of anilines is 1. The second kappa shape index (κ2) is 6.63. The number of ether oxygens (including phenoxy) is 1. The molecular weight excluding hydrogens is 290 g/mol. The SMILES string of the molecule is CCC(C)n1ccc(COC(=O)c2cccc(Cl)c2N)n1. The molecule has 112 valence electrons. The molecule has 0 amide bonds. The molecule has 5 nitrogen and oxygen atoms in total. The number of carbonyl (C=O) groups excluding carboxylic acids is 1. The maximum absolute atomic E-state index is 12.0. The van der Waals surface area contributed by atoms with Crippen LogP contribution in [0.1, 0.15) is 42.4 Å². The summed E-state index contributed by atoms with van der Waals surface area (Å²) in [5.74, 6) is -0.506. The molecule has 0 radical (unpaired) electrons. The lowest BCUT2D eigenvalue weighted by Gasteiger charge is -2.09. The standard InChI is InChI=1S/C15H18ClN3O2/c1-3-10(2)19-8-7-11(18-19)9-21-15(20)12-5-4-6-13(16)14(12)17/h4-8,10H,3,9,17H2,1-2H3. The molecular formula is C15H18ClN3O2. The minimum absolute atomic E-state index is 0.105. The number of para-hydroxylation sites is 1. The van der Waals surface area contributed by atoms with E-state index in [4.69, 9.17) is 22.1 Å². The molecule has 1 atom stereocenters. The van der Waals surface area contributed by atoms with E-state index in [0.29, 0.717) is 16.8 Å². The molecule has 2 N–H and O–H groups in total. The molecule has 0 fully saturated rings. The topological polar surface area (TPSA) is 70.1 Å². The Morgan fingerprint density at radius 1 is 1.48 bits per heavy atom. The summed E-state index contributed by atoms with van der Waals surface area (Å²) < 4.78 is 7.08. The van der Waals surface area contributed by atoms with Gasteiger partial charge in [0, 0.05) is 12.2 Å². The molecule has 21 heavy (non-hydrogen) atoms. The highest BCUT2D eigenvalue weighted by atomic mass is 35.5. The zero-order chi connectivity index (χ0) is 15.4. The van der Waals surface area contributed by atoms with E-state index in [9.17, 15) is 4.79 Å². The van der Waals surface area contributed by atoms with E-state index < -0.39 is 5.97 Å². The van der Waals surface area contributed by atoms with Crippen molar-refractivity contribution in [2.24, 2.45) is 0 Å². The normalized spacial score (nSPS) is 12.1. The van der Waals surface area contributed by atoms with Gasteiger partial charge in [-0.3, -0.25) is 4.68 Å². The van der Waals surface area contributed by atoms with Crippen molar-refractivity contribution >= 4 is 23.3 Å². The molecule has 0 saturated carbocycles. The summed E-state index contributed by atoms with van der Waals surface area (Å²) in [5, 5.41) is 4.71. The summed E-state index contributed by atoms with van der Waals surface area (Å²) in [7, 11) is 0. The van der Waals surface area contributed by atoms with Crippen LogP contribution >= 0.6 is 11.6 Å². The highest BCUT2D eigenvalue weighted by Crippen LogP contribution is 2.23. The van der Waals surface area contributed by atoms with Gasteiger partial charge in [-0.05, 0) is 31.5 Å². The van der Waals surface area contributed by atoms with E-state index in [1.165, 1.54) is 0 Å². The van der Waals surface area contributed by atoms with Crippen LogP contribution in [0, 0.1) is 0 Å². The first-order chi connectivity index (χ1) is 10.0. The maximum atomic E-state index is 12.0. The second-order valence-electron chi connectivity index (χ2n) is 4.82. The van der Waals surface area contributed by atoms with Crippen LogP contribution in [-0.2, 0) is 11.3 Å². The average molecular weight is 308 g/mol. The van der Waals surface area contributed by atoms with E-state index in [1.807, 2.05) is 16.9 Å². The highest BCUT2D eigenvalue weighted by Gasteiger charge is 2.14. The van der Waals surface area contributed by atoms with Gasteiger partial charge in [0.2, 0.25) is 0 Å². The predicted octanol–water partition coefficient (Wildman–Crippen LogP) is 3.45. The molecule has 0 aliphatic rings. The Hall–Kier alpha value is -2.01. The van der Waals surface area contributed by atoms with Gasteiger partial charge in [-0.2, -0.15) is 5.10 Å². The number of nitrogen functional groups attached to an aromatic ring is 1. The minimum atomic E-state index is -0.506. The molecule has 1 aromatic heterocycles. The lowest BCUT2D eigenvalue weighted by Crippen LogP contribution is -2.09. The number of nitrogens with zero attached hydrogens (tertiary/aromatic N) is 2. The third kappa shape index (κ3) is 3.55. The van der Waals surface area contributed by atoms with Gasteiger partial charge in [-0.15, -0.1) is 0 Å². The molecule has 0 spiro atoms. The first-order valence-corrected chi connectivity index (χ1v) is 7.15. The molecule has 1 unspecified atom stereocenters. The zero-order valence-corrected chi connectivity index (χ0v) is 12.8. The van der Waals surface area contributed by atoms with Crippen LogP contribution in [0.25, 0.3) is 0 Å². The van der Waals surface area contributed by atoms with Crippen LogP contribution in [0.2, 0.25) is 5.02 Å². The van der Waals surface area contributed by atoms with Crippen LogP contribution in [0.4, 0.5) is 5.69 Å². The number of benzene rings is 1. The van der Waals surface area contributed by atoms with Crippen molar-refractivity contribution in [3.63, 3.8) is 0 Å². The van der Waals surface area contributed by atoms with E-state index in [-0.39, 0.29) is 17.9 Å². The summed E-state index contributed by atoms with van der Waals surface area (Å²) in [5.41, 5.74) is 6.96. The lowest BCUT2D eigenvalue weighted by molar-refractivity contribution is 0.0468. The Kier molecular flexibility index (Phi) is 4.85. The van der Waals surface area contributed by atoms with Gasteiger partial charge in [0.05, 0.1) is 22.0 Å². The van der Waals surface area contributed by atoms with Crippen molar-refractivity contribution < 1.29 is 9.53 Å². The Labute approximate surface area is 128 Å². The van der Waals surface area contributed by atoms with Gasteiger partial charge in [-0.1, -0.05) is 24.6 Å². The van der Waals surface area contributed by atoms with Crippen molar-refractivity contribution in [1.82, 2.24) is 9.78 Å². The molecule has 0 aliphatic heterocycles. The lowest BCUT2D eigenvalue weighted by atomic mass is 10.2. The number of aromatic nitrogens is 2. The van der Waals surface area contributed by atoms with Gasteiger partial charge in [0.15, 0.2) is 0 Å². The number of carbonyl (C=O) groups is 1. The van der Waals surface area contributed by atoms with Crippen LogP contribution in [0.15, 0.2) is 30.5 Å². The van der Waals surface area contributed by atoms with Gasteiger partial charge < -0.3 is 10.5 Å². The maximum Gasteiger partial charge on any atom is 0.340 e. The largest absolute Gasteiger partial charge is 0.455 e. The summed E-state index contributed by atoms with van der Waals surface area (Å²) in [6, 6.07) is 7.02. The molecule has 1 heterocycles. The Morgan fingerprint density at radius 2 is 2.24 bits per heavy atom. The van der Waals surface area contributed by atoms with Crippen molar-refractivity contribution in [2.45, 2.75) is 32.9 Å². The van der Waals surface area contributed by atoms with Gasteiger partial charge >= 0.3 is 5.97 Å². The van der Waals surface area contributed by atoms with Gasteiger partial charge in [0.25, 0.3) is 0 Å². The Morgan fingerprint density at radius 3 is 2.95 bits per heavy atom. The van der Waals surface area contributed by atoms with E-state index in [1.54, 1.807) is 18.2 Å². The fourth-order valence-corrected chi connectivity index (χ4v) is 1.99. The smallest absolute Gasteiger partial charge is 0.340 e. The first kappa shape index (κ1) is 15.4. The quantitative estimate of drug-likeness (QED) is 0.678. The zero-order valence-electron chi connectivity index (χ0n) is 12.0. The monoisotopic (exact) mass is 307 g/mol. The van der Waals surface area contributed by atoms with Crippen molar-refractivity contribution in [3.05, 3.63) is 46.7 Å². The Bertz CT molecular complexity index is 640. The number of rotatable bonds is 5. The second-order valence-corrected chi connectivity index (χ2v) is 5.23. The van der Waals surface area contributed by atoms with Crippen molar-refractivity contribution in [2.75, 3.05) is 5.73 Å². The number of halogens is 1. The van der Waals surface area contributed by atoms with Crippen LogP contribution < -0.4 is 5.73 Å².